The average Bonchev–Trinajstić information content (AvgIpc) is 2.93. The van der Waals surface area contributed by atoms with Crippen LogP contribution in [0.2, 0.25) is 0 Å². The first-order valence-electron chi connectivity index (χ1n) is 10.5. The summed E-state index contributed by atoms with van der Waals surface area (Å²) in [6.07, 6.45) is 0.406. The van der Waals surface area contributed by atoms with E-state index in [2.05, 4.69) is 5.32 Å². The number of hydrogen-bond acceptors (Lipinski definition) is 5. The Balaban J connectivity index is 1.89. The molecule has 0 aliphatic carbocycles. The number of methoxy groups -OCH3 is 1. The summed E-state index contributed by atoms with van der Waals surface area (Å²) in [5, 5.41) is 2.87. The SMILES string of the molecule is COCC(=O)N[C@H](Cc1ccccc1)C(=O)N1Cc2ccccc2OC[C@H]1CN(C)C. The lowest BCUT2D eigenvalue weighted by atomic mass is 10.0. The molecule has 0 saturated carbocycles. The monoisotopic (exact) mass is 425 g/mol. The van der Waals surface area contributed by atoms with Crippen LogP contribution < -0.4 is 10.1 Å². The minimum atomic E-state index is -0.694. The van der Waals surface area contributed by atoms with Crippen molar-refractivity contribution in [2.24, 2.45) is 0 Å². The van der Waals surface area contributed by atoms with E-state index >= 15 is 0 Å². The van der Waals surface area contributed by atoms with Gasteiger partial charge in [-0.15, -0.1) is 0 Å². The molecule has 1 aliphatic heterocycles. The van der Waals surface area contributed by atoms with E-state index in [1.54, 1.807) is 0 Å². The van der Waals surface area contributed by atoms with E-state index in [1.807, 2.05) is 78.5 Å². The van der Waals surface area contributed by atoms with Gasteiger partial charge in [0.05, 0.1) is 6.04 Å². The van der Waals surface area contributed by atoms with Gasteiger partial charge in [0, 0.05) is 32.2 Å². The summed E-state index contributed by atoms with van der Waals surface area (Å²) in [7, 11) is 5.41. The fourth-order valence-electron chi connectivity index (χ4n) is 3.81. The van der Waals surface area contributed by atoms with Crippen LogP contribution in [0.5, 0.6) is 5.75 Å². The van der Waals surface area contributed by atoms with Crippen LogP contribution in [0.1, 0.15) is 11.1 Å². The molecule has 2 aromatic carbocycles. The molecule has 0 fully saturated rings. The number of nitrogens with zero attached hydrogens (tertiary/aromatic N) is 2. The third kappa shape index (κ3) is 6.29. The highest BCUT2D eigenvalue weighted by Gasteiger charge is 2.34. The minimum absolute atomic E-state index is 0.0916. The topological polar surface area (TPSA) is 71.1 Å². The second kappa shape index (κ2) is 10.9. The summed E-state index contributed by atoms with van der Waals surface area (Å²) in [4.78, 5) is 30.0. The molecule has 7 nitrogen and oxygen atoms in total. The molecular formula is C24H31N3O4. The van der Waals surface area contributed by atoms with E-state index in [4.69, 9.17) is 9.47 Å². The summed E-state index contributed by atoms with van der Waals surface area (Å²) in [5.74, 6) is 0.359. The van der Waals surface area contributed by atoms with E-state index in [1.165, 1.54) is 7.11 Å². The van der Waals surface area contributed by atoms with Crippen LogP contribution in [0.25, 0.3) is 0 Å². The summed E-state index contributed by atoms with van der Waals surface area (Å²) in [5.41, 5.74) is 1.94. The Morgan fingerprint density at radius 3 is 2.58 bits per heavy atom. The van der Waals surface area contributed by atoms with E-state index in [0.717, 1.165) is 16.9 Å². The second-order valence-electron chi connectivity index (χ2n) is 8.04. The van der Waals surface area contributed by atoms with Gasteiger partial charge >= 0.3 is 0 Å². The van der Waals surface area contributed by atoms with Gasteiger partial charge in [-0.2, -0.15) is 0 Å². The number of ether oxygens (including phenoxy) is 2. The maximum atomic E-state index is 13.8. The fourth-order valence-corrected chi connectivity index (χ4v) is 3.81. The number of likely N-dealkylation sites (N-methyl/N-ethyl adjacent to an activating group) is 1. The Morgan fingerprint density at radius 2 is 1.87 bits per heavy atom. The van der Waals surface area contributed by atoms with Crippen molar-refractivity contribution in [3.63, 3.8) is 0 Å². The largest absolute Gasteiger partial charge is 0.491 e. The van der Waals surface area contributed by atoms with Gasteiger partial charge in [0.15, 0.2) is 0 Å². The van der Waals surface area contributed by atoms with Crippen molar-refractivity contribution in [1.82, 2.24) is 15.1 Å². The molecule has 7 heteroatoms. The van der Waals surface area contributed by atoms with E-state index in [-0.39, 0.29) is 24.5 Å². The number of fused-ring (bicyclic) bond motifs is 1. The first-order valence-corrected chi connectivity index (χ1v) is 10.5. The number of rotatable bonds is 8. The number of amides is 2. The lowest BCUT2D eigenvalue weighted by Crippen LogP contribution is -2.55. The van der Waals surface area contributed by atoms with Gasteiger partial charge in [0.25, 0.3) is 0 Å². The lowest BCUT2D eigenvalue weighted by molar-refractivity contribution is -0.140. The number of carbonyl (C=O) groups excluding carboxylic acids is 2. The van der Waals surface area contributed by atoms with Crippen LogP contribution in [0.3, 0.4) is 0 Å². The quantitative estimate of drug-likeness (QED) is 0.697. The molecule has 2 atom stereocenters. The van der Waals surface area contributed by atoms with Crippen molar-refractivity contribution >= 4 is 11.8 Å². The average molecular weight is 426 g/mol. The molecule has 1 heterocycles. The zero-order chi connectivity index (χ0) is 22.2. The van der Waals surface area contributed by atoms with Crippen molar-refractivity contribution in [2.75, 3.05) is 41.0 Å². The highest BCUT2D eigenvalue weighted by Crippen LogP contribution is 2.26. The van der Waals surface area contributed by atoms with E-state index in [9.17, 15) is 9.59 Å². The van der Waals surface area contributed by atoms with Crippen molar-refractivity contribution in [2.45, 2.75) is 25.0 Å². The third-order valence-corrected chi connectivity index (χ3v) is 5.24. The minimum Gasteiger partial charge on any atom is -0.491 e. The summed E-state index contributed by atoms with van der Waals surface area (Å²) in [6, 6.07) is 16.6. The predicted molar refractivity (Wildman–Crippen MR) is 119 cm³/mol. The van der Waals surface area contributed by atoms with Gasteiger partial charge in [-0.25, -0.2) is 0 Å². The highest BCUT2D eigenvalue weighted by atomic mass is 16.5. The molecule has 0 spiro atoms. The molecule has 2 aromatic rings. The molecule has 3 rings (SSSR count). The zero-order valence-corrected chi connectivity index (χ0v) is 18.4. The zero-order valence-electron chi connectivity index (χ0n) is 18.4. The molecule has 2 amide bonds. The van der Waals surface area contributed by atoms with Gasteiger partial charge in [-0.05, 0) is 25.7 Å². The number of hydrogen-bond donors (Lipinski definition) is 1. The molecule has 0 aromatic heterocycles. The van der Waals surface area contributed by atoms with Crippen LogP contribution in [0, 0.1) is 0 Å². The van der Waals surface area contributed by atoms with Crippen molar-refractivity contribution in [3.8, 4) is 5.75 Å². The summed E-state index contributed by atoms with van der Waals surface area (Å²) in [6.45, 7) is 1.39. The molecular weight excluding hydrogens is 394 g/mol. The molecule has 0 unspecified atom stereocenters. The molecule has 31 heavy (non-hydrogen) atoms. The van der Waals surface area contributed by atoms with Crippen molar-refractivity contribution in [3.05, 3.63) is 65.7 Å². The smallest absolute Gasteiger partial charge is 0.246 e. The predicted octanol–water partition coefficient (Wildman–Crippen LogP) is 1.71. The van der Waals surface area contributed by atoms with E-state index in [0.29, 0.717) is 26.1 Å². The van der Waals surface area contributed by atoms with Gasteiger partial charge in [0.1, 0.15) is 25.0 Å². The van der Waals surface area contributed by atoms with Gasteiger partial charge < -0.3 is 24.6 Å². The Morgan fingerprint density at radius 1 is 1.16 bits per heavy atom. The fraction of sp³-hybridized carbons (Fsp3) is 0.417. The first kappa shape index (κ1) is 22.8. The second-order valence-corrected chi connectivity index (χ2v) is 8.04. The van der Waals surface area contributed by atoms with Crippen molar-refractivity contribution < 1.29 is 19.1 Å². The molecule has 0 bridgehead atoms. The van der Waals surface area contributed by atoms with Crippen LogP contribution in [0.15, 0.2) is 54.6 Å². The Labute approximate surface area is 183 Å². The van der Waals surface area contributed by atoms with Gasteiger partial charge in [-0.3, -0.25) is 9.59 Å². The number of nitrogens with one attached hydrogen (secondary N) is 1. The van der Waals surface area contributed by atoms with E-state index < -0.39 is 6.04 Å². The standard InChI is InChI=1S/C24H31N3O4/c1-26(2)15-20-16-31-22-12-8-7-11-19(22)14-27(20)24(29)21(25-23(28)17-30-3)13-18-9-5-4-6-10-18/h4-12,20-21H,13-17H2,1-3H3,(H,25,28)/t20-,21-/m1/s1. The molecule has 1 N–H and O–H groups in total. The number of benzene rings is 2. The van der Waals surface area contributed by atoms with Crippen molar-refractivity contribution in [1.29, 1.82) is 0 Å². The first-order chi connectivity index (χ1) is 15.0. The number of para-hydroxylation sites is 1. The summed E-state index contributed by atoms with van der Waals surface area (Å²) < 4.78 is 11.0. The Kier molecular flexibility index (Phi) is 8.03. The van der Waals surface area contributed by atoms with Gasteiger partial charge in [-0.1, -0.05) is 48.5 Å². The van der Waals surface area contributed by atoms with Crippen LogP contribution in [-0.4, -0.2) is 74.7 Å². The van der Waals surface area contributed by atoms with Gasteiger partial charge in [0.2, 0.25) is 11.8 Å². The third-order valence-electron chi connectivity index (χ3n) is 5.24. The molecule has 0 saturated heterocycles. The normalized spacial score (nSPS) is 16.8. The molecule has 0 radical (unpaired) electrons. The Hall–Kier alpha value is -2.90. The van der Waals surface area contributed by atoms with Crippen LogP contribution in [0.4, 0.5) is 0 Å². The molecule has 166 valence electrons. The Bertz CT molecular complexity index is 872. The maximum Gasteiger partial charge on any atom is 0.246 e. The number of carbonyl (C=O) groups is 2. The molecule has 1 aliphatic rings. The summed E-state index contributed by atoms with van der Waals surface area (Å²) >= 11 is 0. The maximum absolute atomic E-state index is 13.8. The van der Waals surface area contributed by atoms with Crippen LogP contribution in [-0.2, 0) is 27.3 Å². The van der Waals surface area contributed by atoms with Crippen LogP contribution >= 0.6 is 0 Å². The lowest BCUT2D eigenvalue weighted by Gasteiger charge is -2.34. The highest BCUT2D eigenvalue weighted by molar-refractivity contribution is 5.88.